The number of carboxylic acids is 1. The third-order valence-electron chi connectivity index (χ3n) is 2.55. The van der Waals surface area contributed by atoms with E-state index >= 15 is 0 Å². The summed E-state index contributed by atoms with van der Waals surface area (Å²) in [7, 11) is 3.24. The molecule has 0 unspecified atom stereocenters. The fourth-order valence-corrected chi connectivity index (χ4v) is 1.64. The maximum Gasteiger partial charge on any atom is 0.337 e. The van der Waals surface area contributed by atoms with Crippen LogP contribution in [-0.4, -0.2) is 50.8 Å². The number of nitrogens with zero attached hydrogens (tertiary/aromatic N) is 1. The van der Waals surface area contributed by atoms with E-state index < -0.39 is 5.97 Å². The molecule has 6 nitrogen and oxygen atoms in total. The van der Waals surface area contributed by atoms with Crippen LogP contribution in [0.1, 0.15) is 10.4 Å². The molecule has 1 amide bonds. The Hall–Kier alpha value is -2.08. The van der Waals surface area contributed by atoms with Crippen LogP contribution in [0.3, 0.4) is 0 Å². The number of carbonyl (C=O) groups is 2. The largest absolute Gasteiger partial charge is 0.478 e. The molecule has 0 bridgehead atoms. The summed E-state index contributed by atoms with van der Waals surface area (Å²) in [6, 6.07) is 6.57. The number of likely N-dealkylation sites (N-methyl/N-ethyl adjacent to an activating group) is 1. The molecule has 0 saturated heterocycles. The van der Waals surface area contributed by atoms with Crippen molar-refractivity contribution >= 4 is 17.6 Å². The minimum absolute atomic E-state index is 0.0913. The SMILES string of the molecule is COCCNC(=O)CN(C)c1ccccc1C(=O)O. The molecular formula is C13H18N2O4. The molecule has 0 spiro atoms. The molecule has 0 saturated carbocycles. The Kier molecular flexibility index (Phi) is 5.81. The summed E-state index contributed by atoms with van der Waals surface area (Å²) in [4.78, 5) is 24.3. The highest BCUT2D eigenvalue weighted by Gasteiger charge is 2.14. The first-order chi connectivity index (χ1) is 9.06. The Labute approximate surface area is 112 Å². The average Bonchev–Trinajstić information content (AvgIpc) is 2.39. The fraction of sp³-hybridized carbons (Fsp3) is 0.385. The van der Waals surface area contributed by atoms with Gasteiger partial charge in [0.25, 0.3) is 0 Å². The number of para-hydroxylation sites is 1. The van der Waals surface area contributed by atoms with Crippen molar-refractivity contribution in [2.75, 3.05) is 38.8 Å². The fourth-order valence-electron chi connectivity index (χ4n) is 1.64. The highest BCUT2D eigenvalue weighted by Crippen LogP contribution is 2.18. The van der Waals surface area contributed by atoms with E-state index in [4.69, 9.17) is 9.84 Å². The number of carboxylic acid groups (broad SMARTS) is 1. The zero-order chi connectivity index (χ0) is 14.3. The highest BCUT2D eigenvalue weighted by molar-refractivity contribution is 5.95. The smallest absolute Gasteiger partial charge is 0.337 e. The molecule has 0 radical (unpaired) electrons. The van der Waals surface area contributed by atoms with Gasteiger partial charge < -0.3 is 20.1 Å². The lowest BCUT2D eigenvalue weighted by Gasteiger charge is -2.20. The number of anilines is 1. The van der Waals surface area contributed by atoms with E-state index in [1.165, 1.54) is 6.07 Å². The number of carbonyl (C=O) groups excluding carboxylic acids is 1. The Balaban J connectivity index is 2.65. The summed E-state index contributed by atoms with van der Waals surface area (Å²) < 4.78 is 4.83. The summed E-state index contributed by atoms with van der Waals surface area (Å²) in [5.41, 5.74) is 0.687. The number of hydrogen-bond donors (Lipinski definition) is 2. The first-order valence-electron chi connectivity index (χ1n) is 5.85. The van der Waals surface area contributed by atoms with Crippen molar-refractivity contribution in [3.8, 4) is 0 Å². The van der Waals surface area contributed by atoms with Crippen molar-refractivity contribution < 1.29 is 19.4 Å². The van der Waals surface area contributed by atoms with E-state index in [-0.39, 0.29) is 18.0 Å². The quantitative estimate of drug-likeness (QED) is 0.706. The molecule has 0 aliphatic heterocycles. The van der Waals surface area contributed by atoms with Gasteiger partial charge in [0.2, 0.25) is 5.91 Å². The second-order valence-electron chi connectivity index (χ2n) is 4.02. The predicted molar refractivity (Wildman–Crippen MR) is 71.6 cm³/mol. The van der Waals surface area contributed by atoms with Crippen LogP contribution in [0.2, 0.25) is 0 Å². The van der Waals surface area contributed by atoms with Crippen molar-refractivity contribution in [3.63, 3.8) is 0 Å². The second kappa shape index (κ2) is 7.38. The Morgan fingerprint density at radius 3 is 2.68 bits per heavy atom. The van der Waals surface area contributed by atoms with E-state index in [1.54, 1.807) is 37.3 Å². The van der Waals surface area contributed by atoms with E-state index in [9.17, 15) is 9.59 Å². The van der Waals surface area contributed by atoms with E-state index in [1.807, 2.05) is 0 Å². The Morgan fingerprint density at radius 2 is 2.05 bits per heavy atom. The van der Waals surface area contributed by atoms with Crippen LogP contribution in [0.15, 0.2) is 24.3 Å². The first kappa shape index (κ1) is 15.0. The summed E-state index contributed by atoms with van der Waals surface area (Å²) in [5, 5.41) is 11.8. The van der Waals surface area contributed by atoms with Gasteiger partial charge in [-0.2, -0.15) is 0 Å². The molecule has 1 aromatic rings. The zero-order valence-corrected chi connectivity index (χ0v) is 11.0. The summed E-state index contributed by atoms with van der Waals surface area (Å²) >= 11 is 0. The lowest BCUT2D eigenvalue weighted by Crippen LogP contribution is -2.37. The van der Waals surface area contributed by atoms with Crippen molar-refractivity contribution in [3.05, 3.63) is 29.8 Å². The minimum Gasteiger partial charge on any atom is -0.478 e. The summed E-state index contributed by atoms with van der Waals surface area (Å²) in [5.74, 6) is -1.19. The van der Waals surface area contributed by atoms with Gasteiger partial charge in [0.15, 0.2) is 0 Å². The van der Waals surface area contributed by atoms with Crippen molar-refractivity contribution in [2.45, 2.75) is 0 Å². The maximum atomic E-state index is 11.6. The van der Waals surface area contributed by atoms with Crippen LogP contribution < -0.4 is 10.2 Å². The van der Waals surface area contributed by atoms with E-state index in [2.05, 4.69) is 5.32 Å². The average molecular weight is 266 g/mol. The van der Waals surface area contributed by atoms with Gasteiger partial charge in [-0.05, 0) is 12.1 Å². The molecule has 1 rings (SSSR count). The van der Waals surface area contributed by atoms with Crippen LogP contribution in [0.5, 0.6) is 0 Å². The number of hydrogen-bond acceptors (Lipinski definition) is 4. The van der Waals surface area contributed by atoms with Gasteiger partial charge in [-0.1, -0.05) is 12.1 Å². The Morgan fingerprint density at radius 1 is 1.37 bits per heavy atom. The monoisotopic (exact) mass is 266 g/mol. The van der Waals surface area contributed by atoms with E-state index in [0.29, 0.717) is 18.8 Å². The Bertz CT molecular complexity index is 448. The minimum atomic E-state index is -1.01. The maximum absolute atomic E-state index is 11.6. The second-order valence-corrected chi connectivity index (χ2v) is 4.02. The lowest BCUT2D eigenvalue weighted by molar-refractivity contribution is -0.119. The van der Waals surface area contributed by atoms with Crippen LogP contribution in [0.25, 0.3) is 0 Å². The van der Waals surface area contributed by atoms with Gasteiger partial charge in [-0.25, -0.2) is 4.79 Å². The van der Waals surface area contributed by atoms with Gasteiger partial charge in [0.1, 0.15) is 0 Å². The molecule has 0 atom stereocenters. The van der Waals surface area contributed by atoms with Crippen molar-refractivity contribution in [2.24, 2.45) is 0 Å². The molecule has 0 heterocycles. The molecule has 104 valence electrons. The predicted octanol–water partition coefficient (Wildman–Crippen LogP) is 0.584. The molecular weight excluding hydrogens is 248 g/mol. The molecule has 0 fully saturated rings. The molecule has 2 N–H and O–H groups in total. The number of nitrogens with one attached hydrogen (secondary N) is 1. The van der Waals surface area contributed by atoms with Gasteiger partial charge in [0.05, 0.1) is 24.4 Å². The number of ether oxygens (including phenoxy) is 1. The molecule has 1 aromatic carbocycles. The van der Waals surface area contributed by atoms with Crippen LogP contribution in [0, 0.1) is 0 Å². The number of benzene rings is 1. The molecule has 0 aliphatic carbocycles. The van der Waals surface area contributed by atoms with Gasteiger partial charge in [-0.3, -0.25) is 4.79 Å². The number of rotatable bonds is 7. The van der Waals surface area contributed by atoms with Gasteiger partial charge in [0, 0.05) is 20.7 Å². The molecule has 0 aliphatic rings. The molecule has 0 aromatic heterocycles. The van der Waals surface area contributed by atoms with Crippen molar-refractivity contribution in [1.82, 2.24) is 5.32 Å². The van der Waals surface area contributed by atoms with Crippen LogP contribution in [0.4, 0.5) is 5.69 Å². The first-order valence-corrected chi connectivity index (χ1v) is 5.85. The van der Waals surface area contributed by atoms with Gasteiger partial charge >= 0.3 is 5.97 Å². The standard InChI is InChI=1S/C13H18N2O4/c1-15(9-12(16)14-7-8-19-2)11-6-4-3-5-10(11)13(17)18/h3-6H,7-9H2,1-2H3,(H,14,16)(H,17,18). The third kappa shape index (κ3) is 4.59. The highest BCUT2D eigenvalue weighted by atomic mass is 16.5. The number of aromatic carboxylic acids is 1. The third-order valence-corrected chi connectivity index (χ3v) is 2.55. The number of methoxy groups -OCH3 is 1. The topological polar surface area (TPSA) is 78.9 Å². The van der Waals surface area contributed by atoms with Crippen LogP contribution in [-0.2, 0) is 9.53 Å². The van der Waals surface area contributed by atoms with E-state index in [0.717, 1.165) is 0 Å². The van der Waals surface area contributed by atoms with Gasteiger partial charge in [-0.15, -0.1) is 0 Å². The summed E-state index contributed by atoms with van der Waals surface area (Å²) in [6.07, 6.45) is 0. The molecule has 6 heteroatoms. The summed E-state index contributed by atoms with van der Waals surface area (Å²) in [6.45, 7) is 0.971. The number of amides is 1. The van der Waals surface area contributed by atoms with Crippen molar-refractivity contribution in [1.29, 1.82) is 0 Å². The lowest BCUT2D eigenvalue weighted by atomic mass is 10.1. The van der Waals surface area contributed by atoms with Crippen LogP contribution >= 0.6 is 0 Å². The normalized spacial score (nSPS) is 10.0. The molecule has 19 heavy (non-hydrogen) atoms. The zero-order valence-electron chi connectivity index (χ0n) is 11.0.